The molecule has 0 aromatic rings. The van der Waals surface area contributed by atoms with Gasteiger partial charge >= 0.3 is 12.0 Å². The van der Waals surface area contributed by atoms with E-state index in [0.717, 1.165) is 0 Å². The Morgan fingerprint density at radius 1 is 1.44 bits per heavy atom. The maximum absolute atomic E-state index is 11.5. The van der Waals surface area contributed by atoms with Crippen LogP contribution in [0.25, 0.3) is 0 Å². The highest BCUT2D eigenvalue weighted by atomic mass is 16.4. The van der Waals surface area contributed by atoms with E-state index in [0.29, 0.717) is 19.4 Å². The number of carboxylic acid groups (broad SMARTS) is 1. The van der Waals surface area contributed by atoms with E-state index < -0.39 is 18.5 Å². The number of carbonyl (C=O) groups excluding carboxylic acids is 2. The van der Waals surface area contributed by atoms with E-state index in [4.69, 9.17) is 10.8 Å². The van der Waals surface area contributed by atoms with E-state index in [9.17, 15) is 14.4 Å². The highest BCUT2D eigenvalue weighted by Gasteiger charge is 2.27. The number of aliphatic carboxylic acids is 1. The molecule has 1 atom stereocenters. The maximum Gasteiger partial charge on any atom is 0.322 e. The minimum Gasteiger partial charge on any atom is -0.480 e. The van der Waals surface area contributed by atoms with Crippen LogP contribution in [-0.2, 0) is 9.59 Å². The molecule has 1 heterocycles. The summed E-state index contributed by atoms with van der Waals surface area (Å²) in [5.74, 6) is -1.79. The molecule has 1 aliphatic heterocycles. The van der Waals surface area contributed by atoms with Gasteiger partial charge in [0.25, 0.3) is 0 Å². The number of primary amides is 1. The molecule has 16 heavy (non-hydrogen) atoms. The van der Waals surface area contributed by atoms with Crippen LogP contribution in [0.3, 0.4) is 0 Å². The van der Waals surface area contributed by atoms with Crippen molar-refractivity contribution in [2.24, 2.45) is 11.7 Å². The third-order valence-electron chi connectivity index (χ3n) is 2.52. The number of likely N-dealkylation sites (tertiary alicyclic amines) is 1. The van der Waals surface area contributed by atoms with Crippen LogP contribution in [-0.4, -0.2) is 47.5 Å². The average Bonchev–Trinajstić information content (AvgIpc) is 2.26. The van der Waals surface area contributed by atoms with E-state index in [2.05, 4.69) is 5.32 Å². The molecule has 3 amide bonds. The number of nitrogens with one attached hydrogen (secondary N) is 1. The third kappa shape index (κ3) is 3.41. The van der Waals surface area contributed by atoms with Crippen LogP contribution < -0.4 is 11.1 Å². The lowest BCUT2D eigenvalue weighted by molar-refractivity contribution is -0.138. The lowest BCUT2D eigenvalue weighted by Gasteiger charge is -2.30. The third-order valence-corrected chi connectivity index (χ3v) is 2.52. The Labute approximate surface area is 92.6 Å². The predicted molar refractivity (Wildman–Crippen MR) is 54.5 cm³/mol. The zero-order chi connectivity index (χ0) is 12.1. The largest absolute Gasteiger partial charge is 0.480 e. The van der Waals surface area contributed by atoms with Crippen molar-refractivity contribution in [1.29, 1.82) is 0 Å². The molecule has 1 rings (SSSR count). The first-order valence-electron chi connectivity index (χ1n) is 5.04. The van der Waals surface area contributed by atoms with Crippen molar-refractivity contribution in [3.05, 3.63) is 0 Å². The van der Waals surface area contributed by atoms with Gasteiger partial charge in [-0.05, 0) is 12.8 Å². The Kier molecular flexibility index (Phi) is 4.10. The standard InChI is InChI=1S/C9H15N3O4/c10-9(16)12-3-1-2-6(5-12)8(15)11-4-7(13)14/h6H,1-5H2,(H2,10,16)(H,11,15)(H,13,14). The lowest BCUT2D eigenvalue weighted by atomic mass is 9.97. The predicted octanol–water partition coefficient (Wildman–Crippen LogP) is -1.02. The average molecular weight is 229 g/mol. The molecule has 0 aromatic carbocycles. The molecular weight excluding hydrogens is 214 g/mol. The summed E-state index contributed by atoms with van der Waals surface area (Å²) >= 11 is 0. The summed E-state index contributed by atoms with van der Waals surface area (Å²) in [6, 6.07) is -0.546. The molecule has 7 nitrogen and oxygen atoms in total. The fourth-order valence-corrected chi connectivity index (χ4v) is 1.70. The summed E-state index contributed by atoms with van der Waals surface area (Å²) in [5, 5.41) is 10.7. The molecule has 0 radical (unpaired) electrons. The van der Waals surface area contributed by atoms with Crippen LogP contribution in [0.2, 0.25) is 0 Å². The molecule has 0 aliphatic carbocycles. The summed E-state index contributed by atoms with van der Waals surface area (Å²) in [7, 11) is 0. The lowest BCUT2D eigenvalue weighted by Crippen LogP contribution is -2.47. The summed E-state index contributed by atoms with van der Waals surface area (Å²) in [6.45, 7) is 0.421. The molecule has 0 saturated carbocycles. The topological polar surface area (TPSA) is 113 Å². The molecule has 0 bridgehead atoms. The van der Waals surface area contributed by atoms with Crippen LogP contribution in [0.5, 0.6) is 0 Å². The van der Waals surface area contributed by atoms with Gasteiger partial charge in [-0.2, -0.15) is 0 Å². The highest BCUT2D eigenvalue weighted by Crippen LogP contribution is 2.16. The van der Waals surface area contributed by atoms with Crippen LogP contribution in [0.1, 0.15) is 12.8 Å². The van der Waals surface area contributed by atoms with Crippen molar-refractivity contribution in [2.75, 3.05) is 19.6 Å². The van der Waals surface area contributed by atoms with Crippen molar-refractivity contribution in [3.8, 4) is 0 Å². The second-order valence-corrected chi connectivity index (χ2v) is 3.73. The number of nitrogens with two attached hydrogens (primary N) is 1. The van der Waals surface area contributed by atoms with E-state index >= 15 is 0 Å². The van der Waals surface area contributed by atoms with Crippen molar-refractivity contribution in [2.45, 2.75) is 12.8 Å². The Bertz CT molecular complexity index is 305. The van der Waals surface area contributed by atoms with Gasteiger partial charge in [-0.15, -0.1) is 0 Å². The molecular formula is C9H15N3O4. The van der Waals surface area contributed by atoms with Crippen molar-refractivity contribution in [3.63, 3.8) is 0 Å². The second-order valence-electron chi connectivity index (χ2n) is 3.73. The highest BCUT2D eigenvalue weighted by molar-refractivity contribution is 5.83. The van der Waals surface area contributed by atoms with Crippen molar-refractivity contribution >= 4 is 17.9 Å². The Hall–Kier alpha value is -1.79. The van der Waals surface area contributed by atoms with Gasteiger partial charge in [0.2, 0.25) is 5.91 Å². The number of hydrogen-bond acceptors (Lipinski definition) is 3. The number of nitrogens with zero attached hydrogens (tertiary/aromatic N) is 1. The summed E-state index contributed by atoms with van der Waals surface area (Å²) in [5.41, 5.74) is 5.11. The quantitative estimate of drug-likeness (QED) is 0.574. The molecule has 4 N–H and O–H groups in total. The van der Waals surface area contributed by atoms with Gasteiger partial charge in [-0.1, -0.05) is 0 Å². The fourth-order valence-electron chi connectivity index (χ4n) is 1.70. The molecule has 1 unspecified atom stereocenters. The molecule has 1 saturated heterocycles. The monoisotopic (exact) mass is 229 g/mol. The molecule has 0 aromatic heterocycles. The zero-order valence-corrected chi connectivity index (χ0v) is 8.81. The van der Waals surface area contributed by atoms with Crippen molar-refractivity contribution in [1.82, 2.24) is 10.2 Å². The van der Waals surface area contributed by atoms with E-state index in [1.54, 1.807) is 0 Å². The van der Waals surface area contributed by atoms with Crippen LogP contribution in [0.4, 0.5) is 4.79 Å². The molecule has 1 fully saturated rings. The minimum atomic E-state index is -1.09. The van der Waals surface area contributed by atoms with Gasteiger partial charge in [-0.25, -0.2) is 4.79 Å². The van der Waals surface area contributed by atoms with Crippen LogP contribution in [0, 0.1) is 5.92 Å². The Balaban J connectivity index is 2.43. The molecule has 90 valence electrons. The molecule has 1 aliphatic rings. The first-order valence-corrected chi connectivity index (χ1v) is 5.04. The first-order chi connectivity index (χ1) is 7.50. The summed E-state index contributed by atoms with van der Waals surface area (Å²) in [6.07, 6.45) is 1.35. The van der Waals surface area contributed by atoms with Crippen molar-refractivity contribution < 1.29 is 19.5 Å². The molecule has 0 spiro atoms. The van der Waals surface area contributed by atoms with Gasteiger partial charge < -0.3 is 21.1 Å². The van der Waals surface area contributed by atoms with Gasteiger partial charge in [0, 0.05) is 13.1 Å². The Morgan fingerprint density at radius 2 is 2.12 bits per heavy atom. The number of amides is 3. The smallest absolute Gasteiger partial charge is 0.322 e. The number of rotatable bonds is 3. The van der Waals surface area contributed by atoms with Gasteiger partial charge in [0.15, 0.2) is 0 Å². The first kappa shape index (κ1) is 12.3. The van der Waals surface area contributed by atoms with Crippen LogP contribution >= 0.6 is 0 Å². The SMILES string of the molecule is NC(=O)N1CCCC(C(=O)NCC(=O)O)C1. The van der Waals surface area contributed by atoms with Gasteiger partial charge in [0.05, 0.1) is 5.92 Å². The molecule has 7 heteroatoms. The number of carboxylic acids is 1. The Morgan fingerprint density at radius 3 is 2.69 bits per heavy atom. The number of urea groups is 1. The van der Waals surface area contributed by atoms with Gasteiger partial charge in [-0.3, -0.25) is 9.59 Å². The number of piperidine rings is 1. The fraction of sp³-hybridized carbons (Fsp3) is 0.667. The van der Waals surface area contributed by atoms with E-state index in [1.165, 1.54) is 4.90 Å². The minimum absolute atomic E-state index is 0.265. The van der Waals surface area contributed by atoms with Crippen LogP contribution in [0.15, 0.2) is 0 Å². The van der Waals surface area contributed by atoms with E-state index in [1.807, 2.05) is 0 Å². The number of hydrogen-bond donors (Lipinski definition) is 3. The van der Waals surface area contributed by atoms with E-state index in [-0.39, 0.29) is 18.4 Å². The maximum atomic E-state index is 11.5. The van der Waals surface area contributed by atoms with Gasteiger partial charge in [0.1, 0.15) is 6.54 Å². The summed E-state index contributed by atoms with van der Waals surface area (Å²) in [4.78, 5) is 34.1. The number of carbonyl (C=O) groups is 3. The summed E-state index contributed by atoms with van der Waals surface area (Å²) < 4.78 is 0. The normalized spacial score (nSPS) is 20.2. The zero-order valence-electron chi connectivity index (χ0n) is 8.81. The second kappa shape index (κ2) is 5.34.